The lowest BCUT2D eigenvalue weighted by Crippen LogP contribution is -1.93. The van der Waals surface area contributed by atoms with Crippen LogP contribution in [0.15, 0.2) is 194 Å². The minimum Gasteiger partial charge on any atom is -0.254 e. The van der Waals surface area contributed by atoms with E-state index in [0.717, 1.165) is 33.1 Å². The maximum absolute atomic E-state index is 5.25. The minimum absolute atomic E-state index is 0.921. The molecule has 0 N–H and O–H groups in total. The monoisotopic (exact) mass is 660 g/mol. The summed E-state index contributed by atoms with van der Waals surface area (Å²) in [5.74, 6) is 0. The Morgan fingerprint density at radius 3 is 1.37 bits per heavy atom. The van der Waals surface area contributed by atoms with E-state index >= 15 is 0 Å². The molecular formula is C50H32N2. The first-order valence-corrected chi connectivity index (χ1v) is 17.7. The lowest BCUT2D eigenvalue weighted by molar-refractivity contribution is 1.37. The highest BCUT2D eigenvalue weighted by Gasteiger charge is 2.18. The average Bonchev–Trinajstić information content (AvgIpc) is 3.23. The second-order valence-electron chi connectivity index (χ2n) is 13.4. The number of benzene rings is 8. The molecule has 0 radical (unpaired) electrons. The van der Waals surface area contributed by atoms with Gasteiger partial charge in [-0.25, -0.2) is 4.98 Å². The van der Waals surface area contributed by atoms with Crippen LogP contribution >= 0.6 is 0 Å². The van der Waals surface area contributed by atoms with Gasteiger partial charge in [-0.15, -0.1) is 0 Å². The van der Waals surface area contributed by atoms with Gasteiger partial charge in [-0.1, -0.05) is 170 Å². The Morgan fingerprint density at radius 2 is 0.750 bits per heavy atom. The van der Waals surface area contributed by atoms with Crippen LogP contribution in [0.3, 0.4) is 0 Å². The molecule has 2 aromatic heterocycles. The molecule has 2 heterocycles. The van der Waals surface area contributed by atoms with Gasteiger partial charge >= 0.3 is 0 Å². The summed E-state index contributed by atoms with van der Waals surface area (Å²) < 4.78 is 0. The van der Waals surface area contributed by atoms with Crippen molar-refractivity contribution in [1.29, 1.82) is 0 Å². The topological polar surface area (TPSA) is 25.8 Å². The van der Waals surface area contributed by atoms with E-state index in [0.29, 0.717) is 0 Å². The highest BCUT2D eigenvalue weighted by molar-refractivity contribution is 6.22. The fraction of sp³-hybridized carbons (Fsp3) is 0. The molecule has 52 heavy (non-hydrogen) atoms. The number of hydrogen-bond acceptors (Lipinski definition) is 2. The number of nitrogens with zero attached hydrogens (tertiary/aromatic N) is 2. The minimum atomic E-state index is 0.921. The number of pyridine rings is 2. The van der Waals surface area contributed by atoms with Crippen LogP contribution in [-0.2, 0) is 0 Å². The molecule has 0 aliphatic rings. The van der Waals surface area contributed by atoms with Gasteiger partial charge in [-0.05, 0) is 84.3 Å². The standard InChI is InChI=1S/C50H32N2/c1-3-10-33(11-4-1)35-17-21-37(22-18-35)47-42-15-7-8-16-43(42)48(38-23-19-36(20-24-38)34-12-5-2-6-13-34)45-32-41(27-29-44(45)47)46-30-28-40-26-25-39-14-9-31-51-49(39)50(40)52-46/h1-32H. The van der Waals surface area contributed by atoms with Crippen molar-refractivity contribution >= 4 is 43.4 Å². The van der Waals surface area contributed by atoms with E-state index < -0.39 is 0 Å². The van der Waals surface area contributed by atoms with Crippen molar-refractivity contribution < 1.29 is 0 Å². The molecule has 0 aliphatic carbocycles. The number of fused-ring (bicyclic) bond motifs is 5. The SMILES string of the molecule is c1ccc(-c2ccc(-c3c4ccccc4c(-c4ccc(-c5ccccc5)cc4)c4cc(-c5ccc6ccc7cccnc7c6n5)ccc34)cc2)cc1. The van der Waals surface area contributed by atoms with Gasteiger partial charge in [-0.3, -0.25) is 4.98 Å². The first-order valence-electron chi connectivity index (χ1n) is 17.7. The van der Waals surface area contributed by atoms with Gasteiger partial charge in [-0.2, -0.15) is 0 Å². The number of hydrogen-bond donors (Lipinski definition) is 0. The molecule has 0 amide bonds. The van der Waals surface area contributed by atoms with Crippen LogP contribution in [0.4, 0.5) is 0 Å². The van der Waals surface area contributed by atoms with Crippen LogP contribution in [0.25, 0.3) is 99.1 Å². The van der Waals surface area contributed by atoms with E-state index in [1.807, 2.05) is 12.3 Å². The Bertz CT molecular complexity index is 2910. The van der Waals surface area contributed by atoms with Crippen LogP contribution in [-0.4, -0.2) is 9.97 Å². The summed E-state index contributed by atoms with van der Waals surface area (Å²) in [6, 6.07) is 67.6. The molecule has 10 aromatic rings. The predicted molar refractivity (Wildman–Crippen MR) is 219 cm³/mol. The van der Waals surface area contributed by atoms with Crippen molar-refractivity contribution in [3.8, 4) is 55.8 Å². The zero-order valence-electron chi connectivity index (χ0n) is 28.4. The van der Waals surface area contributed by atoms with Gasteiger partial charge in [0.15, 0.2) is 0 Å². The Labute approximate surface area is 302 Å². The molecule has 2 nitrogen and oxygen atoms in total. The van der Waals surface area contributed by atoms with E-state index in [2.05, 4.69) is 182 Å². The highest BCUT2D eigenvalue weighted by Crippen LogP contribution is 2.45. The zero-order valence-corrected chi connectivity index (χ0v) is 28.4. The zero-order chi connectivity index (χ0) is 34.4. The van der Waals surface area contributed by atoms with Gasteiger partial charge in [0.1, 0.15) is 0 Å². The van der Waals surface area contributed by atoms with Crippen molar-refractivity contribution in [2.45, 2.75) is 0 Å². The lowest BCUT2D eigenvalue weighted by atomic mass is 9.84. The van der Waals surface area contributed by atoms with Crippen molar-refractivity contribution in [3.63, 3.8) is 0 Å². The van der Waals surface area contributed by atoms with Crippen LogP contribution < -0.4 is 0 Å². The van der Waals surface area contributed by atoms with Crippen LogP contribution in [0.1, 0.15) is 0 Å². The van der Waals surface area contributed by atoms with E-state index in [9.17, 15) is 0 Å². The summed E-state index contributed by atoms with van der Waals surface area (Å²) in [6.07, 6.45) is 1.85. The van der Waals surface area contributed by atoms with Crippen LogP contribution in [0, 0.1) is 0 Å². The first-order chi connectivity index (χ1) is 25.8. The highest BCUT2D eigenvalue weighted by atomic mass is 14.7. The molecule has 0 atom stereocenters. The normalized spacial score (nSPS) is 11.5. The molecule has 0 bridgehead atoms. The maximum atomic E-state index is 5.25. The molecule has 0 unspecified atom stereocenters. The van der Waals surface area contributed by atoms with Crippen LogP contribution in [0.5, 0.6) is 0 Å². The molecule has 0 aliphatic heterocycles. The Hall–Kier alpha value is -6.90. The summed E-state index contributed by atoms with van der Waals surface area (Å²) in [7, 11) is 0. The van der Waals surface area contributed by atoms with E-state index in [4.69, 9.17) is 9.97 Å². The molecule has 242 valence electrons. The summed E-state index contributed by atoms with van der Waals surface area (Å²) in [5, 5.41) is 7.05. The largest absolute Gasteiger partial charge is 0.254 e. The molecule has 0 saturated heterocycles. The van der Waals surface area contributed by atoms with Crippen molar-refractivity contribution in [2.75, 3.05) is 0 Å². The van der Waals surface area contributed by atoms with Gasteiger partial charge in [0.25, 0.3) is 0 Å². The smallest absolute Gasteiger partial charge is 0.0972 e. The summed E-state index contributed by atoms with van der Waals surface area (Å²) >= 11 is 0. The number of rotatable bonds is 5. The maximum Gasteiger partial charge on any atom is 0.0972 e. The third-order valence-electron chi connectivity index (χ3n) is 10.3. The predicted octanol–water partition coefficient (Wildman–Crippen LogP) is 13.4. The van der Waals surface area contributed by atoms with Gasteiger partial charge < -0.3 is 0 Å². The summed E-state index contributed by atoms with van der Waals surface area (Å²) in [6.45, 7) is 0. The fourth-order valence-corrected chi connectivity index (χ4v) is 7.76. The lowest BCUT2D eigenvalue weighted by Gasteiger charge is -2.19. The summed E-state index contributed by atoms with van der Waals surface area (Å²) in [5.41, 5.74) is 13.5. The molecule has 10 rings (SSSR count). The second-order valence-corrected chi connectivity index (χ2v) is 13.4. The Balaban J connectivity index is 1.22. The van der Waals surface area contributed by atoms with Gasteiger partial charge in [0.05, 0.1) is 16.7 Å². The number of aromatic nitrogens is 2. The van der Waals surface area contributed by atoms with E-state index in [-0.39, 0.29) is 0 Å². The van der Waals surface area contributed by atoms with Crippen molar-refractivity contribution in [2.24, 2.45) is 0 Å². The van der Waals surface area contributed by atoms with Gasteiger partial charge in [0.2, 0.25) is 0 Å². The van der Waals surface area contributed by atoms with Gasteiger partial charge in [0, 0.05) is 22.5 Å². The van der Waals surface area contributed by atoms with Crippen molar-refractivity contribution in [1.82, 2.24) is 9.97 Å². The Kier molecular flexibility index (Phi) is 7.18. The quantitative estimate of drug-likeness (QED) is 0.136. The van der Waals surface area contributed by atoms with E-state index in [1.165, 1.54) is 66.1 Å². The molecule has 0 spiro atoms. The summed E-state index contributed by atoms with van der Waals surface area (Å²) in [4.78, 5) is 9.97. The average molecular weight is 661 g/mol. The first kappa shape index (κ1) is 30.0. The molecule has 2 heteroatoms. The molecule has 8 aromatic carbocycles. The van der Waals surface area contributed by atoms with Crippen LogP contribution in [0.2, 0.25) is 0 Å². The molecule has 0 saturated carbocycles. The third kappa shape index (κ3) is 5.12. The molecule has 0 fully saturated rings. The van der Waals surface area contributed by atoms with Crippen molar-refractivity contribution in [3.05, 3.63) is 194 Å². The Morgan fingerprint density at radius 1 is 0.288 bits per heavy atom. The second kappa shape index (κ2) is 12.5. The van der Waals surface area contributed by atoms with E-state index in [1.54, 1.807) is 0 Å². The third-order valence-corrected chi connectivity index (χ3v) is 10.3. The fourth-order valence-electron chi connectivity index (χ4n) is 7.76. The molecular weight excluding hydrogens is 629 g/mol.